The van der Waals surface area contributed by atoms with Crippen LogP contribution in [0.5, 0.6) is 0 Å². The van der Waals surface area contributed by atoms with E-state index in [2.05, 4.69) is 4.74 Å². The van der Waals surface area contributed by atoms with Crippen LogP contribution < -0.4 is 0 Å². The highest BCUT2D eigenvalue weighted by molar-refractivity contribution is 5.17. The van der Waals surface area contributed by atoms with E-state index in [4.69, 9.17) is 4.74 Å². The summed E-state index contributed by atoms with van der Waals surface area (Å²) in [6.45, 7) is 1.04. The SMILES string of the molecule is C/C=C(\C=C(/C)COC)OC(F)F. The topological polar surface area (TPSA) is 18.5 Å². The molecule has 13 heavy (non-hydrogen) atoms. The van der Waals surface area contributed by atoms with Crippen LogP contribution in [-0.2, 0) is 9.47 Å². The Labute approximate surface area is 76.8 Å². The predicted molar refractivity (Wildman–Crippen MR) is 46.5 cm³/mol. The molecule has 0 aromatic heterocycles. The Hall–Kier alpha value is -0.900. The highest BCUT2D eigenvalue weighted by atomic mass is 19.3. The number of hydrogen-bond donors (Lipinski definition) is 0. The summed E-state index contributed by atoms with van der Waals surface area (Å²) in [5.74, 6) is 0.157. The fourth-order valence-electron chi connectivity index (χ4n) is 0.800. The number of halogens is 2. The van der Waals surface area contributed by atoms with Gasteiger partial charge in [-0.15, -0.1) is 0 Å². The summed E-state index contributed by atoms with van der Waals surface area (Å²) in [5.41, 5.74) is 0.830. The molecule has 4 heteroatoms. The van der Waals surface area contributed by atoms with Gasteiger partial charge in [0.25, 0.3) is 0 Å². The normalized spacial score (nSPS) is 13.7. The summed E-state index contributed by atoms with van der Waals surface area (Å²) >= 11 is 0. The lowest BCUT2D eigenvalue weighted by Gasteiger charge is -2.05. The predicted octanol–water partition coefficient (Wildman–Crippen LogP) is 2.72. The third kappa shape index (κ3) is 6.28. The third-order valence-electron chi connectivity index (χ3n) is 1.27. The molecule has 0 saturated carbocycles. The van der Waals surface area contributed by atoms with Crippen LogP contribution in [0.2, 0.25) is 0 Å². The lowest BCUT2D eigenvalue weighted by atomic mass is 10.2. The maximum absolute atomic E-state index is 11.8. The summed E-state index contributed by atoms with van der Waals surface area (Å²) in [5, 5.41) is 0. The molecular weight excluding hydrogens is 178 g/mol. The number of methoxy groups -OCH3 is 1. The summed E-state index contributed by atoms with van der Waals surface area (Å²) in [6.07, 6.45) is 3.00. The van der Waals surface area contributed by atoms with Crippen molar-refractivity contribution >= 4 is 0 Å². The van der Waals surface area contributed by atoms with E-state index in [1.165, 1.54) is 12.2 Å². The Morgan fingerprint density at radius 1 is 1.46 bits per heavy atom. The molecule has 0 aromatic rings. The molecular formula is C9H14F2O2. The van der Waals surface area contributed by atoms with Gasteiger partial charge >= 0.3 is 6.61 Å². The zero-order valence-corrected chi connectivity index (χ0v) is 8.01. The van der Waals surface area contributed by atoms with Crippen molar-refractivity contribution in [3.63, 3.8) is 0 Å². The van der Waals surface area contributed by atoms with Crippen molar-refractivity contribution in [2.24, 2.45) is 0 Å². The molecule has 0 amide bonds. The second kappa shape index (κ2) is 6.60. The van der Waals surface area contributed by atoms with Crippen LogP contribution in [-0.4, -0.2) is 20.3 Å². The first-order valence-corrected chi connectivity index (χ1v) is 3.87. The number of hydrogen-bond acceptors (Lipinski definition) is 2. The van der Waals surface area contributed by atoms with Gasteiger partial charge in [-0.05, 0) is 31.6 Å². The Balaban J connectivity index is 4.19. The maximum Gasteiger partial charge on any atom is 0.387 e. The van der Waals surface area contributed by atoms with Crippen LogP contribution in [0.15, 0.2) is 23.5 Å². The molecule has 0 unspecified atom stereocenters. The van der Waals surface area contributed by atoms with Crippen LogP contribution in [0.25, 0.3) is 0 Å². The molecule has 0 aliphatic rings. The molecule has 0 fully saturated rings. The van der Waals surface area contributed by atoms with Crippen molar-refractivity contribution < 1.29 is 18.3 Å². The first-order chi connectivity index (χ1) is 6.10. The quantitative estimate of drug-likeness (QED) is 0.492. The fraction of sp³-hybridized carbons (Fsp3) is 0.556. The van der Waals surface area contributed by atoms with Gasteiger partial charge < -0.3 is 9.47 Å². The van der Waals surface area contributed by atoms with Crippen molar-refractivity contribution in [1.29, 1.82) is 0 Å². The number of ether oxygens (including phenoxy) is 2. The molecule has 0 atom stereocenters. The van der Waals surface area contributed by atoms with Gasteiger partial charge in [-0.3, -0.25) is 0 Å². The van der Waals surface area contributed by atoms with Gasteiger partial charge in [0.15, 0.2) is 0 Å². The first kappa shape index (κ1) is 12.1. The molecule has 0 aliphatic carbocycles. The zero-order valence-electron chi connectivity index (χ0n) is 8.01. The smallest absolute Gasteiger partial charge is 0.387 e. The van der Waals surface area contributed by atoms with E-state index in [0.717, 1.165) is 5.57 Å². The number of allylic oxidation sites excluding steroid dienone is 2. The van der Waals surface area contributed by atoms with Gasteiger partial charge in [-0.1, -0.05) is 0 Å². The lowest BCUT2D eigenvalue weighted by Crippen LogP contribution is -1.99. The highest BCUT2D eigenvalue weighted by Gasteiger charge is 2.03. The van der Waals surface area contributed by atoms with Gasteiger partial charge in [0.05, 0.1) is 6.61 Å². The van der Waals surface area contributed by atoms with Crippen LogP contribution >= 0.6 is 0 Å². The molecule has 76 valence electrons. The molecule has 2 nitrogen and oxygen atoms in total. The Morgan fingerprint density at radius 2 is 2.08 bits per heavy atom. The van der Waals surface area contributed by atoms with Crippen molar-refractivity contribution in [3.8, 4) is 0 Å². The van der Waals surface area contributed by atoms with E-state index in [-0.39, 0.29) is 5.76 Å². The Kier molecular flexibility index (Phi) is 6.14. The van der Waals surface area contributed by atoms with Crippen LogP contribution in [0, 0.1) is 0 Å². The second-order valence-electron chi connectivity index (χ2n) is 2.49. The van der Waals surface area contributed by atoms with Crippen molar-refractivity contribution in [1.82, 2.24) is 0 Å². The van der Waals surface area contributed by atoms with E-state index in [1.807, 2.05) is 0 Å². The average Bonchev–Trinajstić information content (AvgIpc) is 2.02. The van der Waals surface area contributed by atoms with Crippen molar-refractivity contribution in [3.05, 3.63) is 23.5 Å². The van der Waals surface area contributed by atoms with Crippen molar-refractivity contribution in [2.45, 2.75) is 20.5 Å². The molecule has 0 spiro atoms. The summed E-state index contributed by atoms with van der Waals surface area (Å²) < 4.78 is 32.6. The van der Waals surface area contributed by atoms with E-state index in [9.17, 15) is 8.78 Å². The molecule has 0 heterocycles. The van der Waals surface area contributed by atoms with Crippen LogP contribution in [0.3, 0.4) is 0 Å². The van der Waals surface area contributed by atoms with E-state index in [1.54, 1.807) is 21.0 Å². The molecule has 0 rings (SSSR count). The Morgan fingerprint density at radius 3 is 2.46 bits per heavy atom. The van der Waals surface area contributed by atoms with Gasteiger partial charge in [-0.2, -0.15) is 8.78 Å². The molecule has 0 radical (unpaired) electrons. The van der Waals surface area contributed by atoms with E-state index >= 15 is 0 Å². The zero-order chi connectivity index (χ0) is 10.3. The minimum absolute atomic E-state index is 0.157. The van der Waals surface area contributed by atoms with Gasteiger partial charge in [0.1, 0.15) is 5.76 Å². The Bertz CT molecular complexity index is 198. The summed E-state index contributed by atoms with van der Waals surface area (Å²) in [7, 11) is 1.54. The monoisotopic (exact) mass is 192 g/mol. The highest BCUT2D eigenvalue weighted by Crippen LogP contribution is 2.09. The molecule has 0 bridgehead atoms. The first-order valence-electron chi connectivity index (χ1n) is 3.87. The van der Waals surface area contributed by atoms with Crippen LogP contribution in [0.1, 0.15) is 13.8 Å². The molecule has 0 saturated heterocycles. The molecule has 0 aromatic carbocycles. The number of alkyl halides is 2. The fourth-order valence-corrected chi connectivity index (χ4v) is 0.800. The van der Waals surface area contributed by atoms with Crippen LogP contribution in [0.4, 0.5) is 8.78 Å². The standard InChI is InChI=1S/C9H14F2O2/c1-4-8(13-9(10)11)5-7(2)6-12-3/h4-5,9H,6H2,1-3H3/b7-5+,8-4+. The number of rotatable bonds is 5. The van der Waals surface area contributed by atoms with E-state index in [0.29, 0.717) is 6.61 Å². The maximum atomic E-state index is 11.8. The summed E-state index contributed by atoms with van der Waals surface area (Å²) in [6, 6.07) is 0. The minimum atomic E-state index is -2.78. The minimum Gasteiger partial charge on any atom is -0.435 e. The molecule has 0 aliphatic heterocycles. The van der Waals surface area contributed by atoms with Gasteiger partial charge in [0, 0.05) is 7.11 Å². The summed E-state index contributed by atoms with van der Waals surface area (Å²) in [4.78, 5) is 0. The van der Waals surface area contributed by atoms with Crippen molar-refractivity contribution in [2.75, 3.05) is 13.7 Å². The van der Waals surface area contributed by atoms with Gasteiger partial charge in [0.2, 0.25) is 0 Å². The van der Waals surface area contributed by atoms with Gasteiger partial charge in [-0.25, -0.2) is 0 Å². The lowest BCUT2D eigenvalue weighted by molar-refractivity contribution is -0.0922. The van der Waals surface area contributed by atoms with E-state index < -0.39 is 6.61 Å². The molecule has 0 N–H and O–H groups in total. The third-order valence-corrected chi connectivity index (χ3v) is 1.27. The average molecular weight is 192 g/mol. The largest absolute Gasteiger partial charge is 0.435 e. The second-order valence-corrected chi connectivity index (χ2v) is 2.49.